The number of hydrogen-bond acceptors (Lipinski definition) is 3. The topological polar surface area (TPSA) is 38.9 Å². The van der Waals surface area contributed by atoms with Gasteiger partial charge >= 0.3 is 6.18 Å². The Balaban J connectivity index is 2.38. The summed E-state index contributed by atoms with van der Waals surface area (Å²) >= 11 is 1.32. The molecule has 0 saturated heterocycles. The lowest BCUT2D eigenvalue weighted by atomic mass is 10.1. The van der Waals surface area contributed by atoms with Crippen LogP contribution >= 0.6 is 11.3 Å². The van der Waals surface area contributed by atoms with E-state index in [9.17, 15) is 13.2 Å². The van der Waals surface area contributed by atoms with Crippen molar-refractivity contribution in [1.29, 1.82) is 0 Å². The maximum Gasteiger partial charge on any atom is 0.390 e. The van der Waals surface area contributed by atoms with Crippen molar-refractivity contribution >= 4 is 11.3 Å². The highest BCUT2D eigenvalue weighted by Crippen LogP contribution is 2.22. The molecule has 0 spiro atoms. The predicted octanol–water partition coefficient (Wildman–Crippen LogP) is 1.97. The number of aromatic nitrogens is 1. The van der Waals surface area contributed by atoms with E-state index in [1.807, 2.05) is 0 Å². The third-order valence-corrected chi connectivity index (χ3v) is 2.22. The van der Waals surface area contributed by atoms with Crippen LogP contribution in [-0.4, -0.2) is 17.2 Å². The zero-order valence-electron chi connectivity index (χ0n) is 6.71. The zero-order valence-corrected chi connectivity index (χ0v) is 7.53. The lowest BCUT2D eigenvalue weighted by Crippen LogP contribution is -2.29. The van der Waals surface area contributed by atoms with E-state index in [0.717, 1.165) is 0 Å². The quantitative estimate of drug-likeness (QED) is 0.828. The molecule has 74 valence electrons. The lowest BCUT2D eigenvalue weighted by Gasteiger charge is -2.12. The minimum atomic E-state index is -4.18. The van der Waals surface area contributed by atoms with Crippen molar-refractivity contribution in [3.05, 3.63) is 16.6 Å². The van der Waals surface area contributed by atoms with Gasteiger partial charge in [-0.25, -0.2) is 4.98 Å². The second-order valence-corrected chi connectivity index (χ2v) is 3.69. The van der Waals surface area contributed by atoms with Gasteiger partial charge < -0.3 is 5.73 Å². The van der Waals surface area contributed by atoms with Crippen molar-refractivity contribution in [2.75, 3.05) is 0 Å². The summed E-state index contributed by atoms with van der Waals surface area (Å²) in [5.74, 6) is 0. The standard InChI is InChI=1S/C7H9F3N2S/c8-7(9,10)4-5(11)3-6-12-1-2-13-6/h1-2,5H,3-4,11H2. The molecule has 1 aromatic heterocycles. The van der Waals surface area contributed by atoms with Crippen molar-refractivity contribution < 1.29 is 13.2 Å². The van der Waals surface area contributed by atoms with Crippen molar-refractivity contribution in [1.82, 2.24) is 4.98 Å². The summed E-state index contributed by atoms with van der Waals surface area (Å²) in [6, 6.07) is -0.883. The molecule has 2 N–H and O–H groups in total. The first-order chi connectivity index (χ1) is 5.97. The molecule has 0 amide bonds. The van der Waals surface area contributed by atoms with Crippen LogP contribution in [0.2, 0.25) is 0 Å². The van der Waals surface area contributed by atoms with Crippen LogP contribution in [0.25, 0.3) is 0 Å². The summed E-state index contributed by atoms with van der Waals surface area (Å²) < 4.78 is 35.5. The molecular formula is C7H9F3N2S. The Morgan fingerprint density at radius 2 is 2.23 bits per heavy atom. The second-order valence-electron chi connectivity index (χ2n) is 2.71. The van der Waals surface area contributed by atoms with Crippen LogP contribution in [0.5, 0.6) is 0 Å². The number of nitrogens with two attached hydrogens (primary N) is 1. The average molecular weight is 210 g/mol. The van der Waals surface area contributed by atoms with Gasteiger partial charge in [0.15, 0.2) is 0 Å². The molecule has 1 rings (SSSR count). The van der Waals surface area contributed by atoms with Crippen molar-refractivity contribution in [3.8, 4) is 0 Å². The molecule has 0 saturated carbocycles. The zero-order chi connectivity index (χ0) is 9.90. The summed E-state index contributed by atoms with van der Waals surface area (Å²) in [4.78, 5) is 3.86. The molecule has 6 heteroatoms. The molecule has 0 radical (unpaired) electrons. The molecule has 1 atom stereocenters. The number of alkyl halides is 3. The van der Waals surface area contributed by atoms with Gasteiger partial charge in [0.2, 0.25) is 0 Å². The number of thiazole rings is 1. The fourth-order valence-corrected chi connectivity index (χ4v) is 1.66. The van der Waals surface area contributed by atoms with E-state index >= 15 is 0 Å². The van der Waals surface area contributed by atoms with Crippen LogP contribution in [0, 0.1) is 0 Å². The first kappa shape index (κ1) is 10.5. The van der Waals surface area contributed by atoms with E-state index in [2.05, 4.69) is 4.98 Å². The Labute approximate surface area is 77.6 Å². The highest BCUT2D eigenvalue weighted by Gasteiger charge is 2.30. The van der Waals surface area contributed by atoms with Gasteiger partial charge in [-0.05, 0) is 0 Å². The maximum absolute atomic E-state index is 11.8. The molecule has 13 heavy (non-hydrogen) atoms. The van der Waals surface area contributed by atoms with Crippen LogP contribution in [0.4, 0.5) is 13.2 Å². The molecule has 0 aliphatic rings. The van der Waals surface area contributed by atoms with E-state index in [-0.39, 0.29) is 6.42 Å². The maximum atomic E-state index is 11.8. The molecule has 0 fully saturated rings. The molecule has 1 heterocycles. The highest BCUT2D eigenvalue weighted by molar-refractivity contribution is 7.09. The van der Waals surface area contributed by atoms with E-state index in [4.69, 9.17) is 5.73 Å². The van der Waals surface area contributed by atoms with Gasteiger partial charge in [0.1, 0.15) is 0 Å². The molecule has 0 aliphatic carbocycles. The van der Waals surface area contributed by atoms with E-state index in [1.165, 1.54) is 11.3 Å². The van der Waals surface area contributed by atoms with Crippen molar-refractivity contribution in [3.63, 3.8) is 0 Å². The van der Waals surface area contributed by atoms with Gasteiger partial charge in [-0.1, -0.05) is 0 Å². The molecule has 2 nitrogen and oxygen atoms in total. The van der Waals surface area contributed by atoms with Crippen molar-refractivity contribution in [2.45, 2.75) is 25.1 Å². The smallest absolute Gasteiger partial charge is 0.327 e. The Bertz CT molecular complexity index is 245. The third kappa shape index (κ3) is 4.23. The Kier molecular flexibility index (Phi) is 3.27. The summed E-state index contributed by atoms with van der Waals surface area (Å²) in [6.45, 7) is 0. The van der Waals surface area contributed by atoms with Gasteiger partial charge in [-0.2, -0.15) is 13.2 Å². The molecular weight excluding hydrogens is 201 g/mol. The lowest BCUT2D eigenvalue weighted by molar-refractivity contribution is -0.138. The van der Waals surface area contributed by atoms with Crippen LogP contribution in [-0.2, 0) is 6.42 Å². The third-order valence-electron chi connectivity index (χ3n) is 1.41. The Hall–Kier alpha value is -0.620. The first-order valence-corrected chi connectivity index (χ1v) is 4.56. The summed E-state index contributed by atoms with van der Waals surface area (Å²) in [6.07, 6.45) is -3.39. The summed E-state index contributed by atoms with van der Waals surface area (Å²) in [5, 5.41) is 2.37. The minimum Gasteiger partial charge on any atom is -0.327 e. The average Bonchev–Trinajstić information content (AvgIpc) is 2.34. The van der Waals surface area contributed by atoms with E-state index < -0.39 is 18.6 Å². The fourth-order valence-electron chi connectivity index (χ4n) is 0.948. The van der Waals surface area contributed by atoms with Gasteiger partial charge in [0.25, 0.3) is 0 Å². The van der Waals surface area contributed by atoms with Crippen LogP contribution in [0.3, 0.4) is 0 Å². The van der Waals surface area contributed by atoms with Gasteiger partial charge in [0.05, 0.1) is 11.4 Å². The Morgan fingerprint density at radius 1 is 1.54 bits per heavy atom. The molecule has 1 aromatic rings. The monoisotopic (exact) mass is 210 g/mol. The molecule has 0 bridgehead atoms. The summed E-state index contributed by atoms with van der Waals surface area (Å²) in [5.41, 5.74) is 5.30. The number of rotatable bonds is 3. The SMILES string of the molecule is NC(Cc1nccs1)CC(F)(F)F. The van der Waals surface area contributed by atoms with Crippen molar-refractivity contribution in [2.24, 2.45) is 5.73 Å². The van der Waals surface area contributed by atoms with E-state index in [1.54, 1.807) is 11.6 Å². The highest BCUT2D eigenvalue weighted by atomic mass is 32.1. The summed E-state index contributed by atoms with van der Waals surface area (Å²) in [7, 11) is 0. The predicted molar refractivity (Wildman–Crippen MR) is 44.5 cm³/mol. The van der Waals surface area contributed by atoms with Crippen LogP contribution in [0.1, 0.15) is 11.4 Å². The van der Waals surface area contributed by atoms with Crippen LogP contribution in [0.15, 0.2) is 11.6 Å². The van der Waals surface area contributed by atoms with Gasteiger partial charge in [0, 0.05) is 24.0 Å². The second kappa shape index (κ2) is 4.06. The number of hydrogen-bond donors (Lipinski definition) is 1. The molecule has 0 aliphatic heterocycles. The van der Waals surface area contributed by atoms with Gasteiger partial charge in [-0.3, -0.25) is 0 Å². The normalized spacial score (nSPS) is 14.5. The minimum absolute atomic E-state index is 0.192. The molecule has 1 unspecified atom stereocenters. The van der Waals surface area contributed by atoms with Gasteiger partial charge in [-0.15, -0.1) is 11.3 Å². The van der Waals surface area contributed by atoms with Crippen LogP contribution < -0.4 is 5.73 Å². The number of halogens is 3. The first-order valence-electron chi connectivity index (χ1n) is 3.68. The molecule has 0 aromatic carbocycles. The fraction of sp³-hybridized carbons (Fsp3) is 0.571. The number of nitrogens with zero attached hydrogens (tertiary/aromatic N) is 1. The largest absolute Gasteiger partial charge is 0.390 e. The Morgan fingerprint density at radius 3 is 2.69 bits per heavy atom. The van der Waals surface area contributed by atoms with E-state index in [0.29, 0.717) is 5.01 Å².